The van der Waals surface area contributed by atoms with Crippen molar-refractivity contribution in [3.05, 3.63) is 55.0 Å². The van der Waals surface area contributed by atoms with E-state index in [1.54, 1.807) is 36.6 Å². The Hall–Kier alpha value is -4.66. The van der Waals surface area contributed by atoms with E-state index in [1.165, 1.54) is 6.33 Å². The predicted octanol–water partition coefficient (Wildman–Crippen LogP) is 4.28. The number of nitrogens with zero attached hydrogens (tertiary/aromatic N) is 9. The number of hydrogen-bond donors (Lipinski definition) is 1. The number of ether oxygens (including phenoxy) is 6. The van der Waals surface area contributed by atoms with Gasteiger partial charge in [-0.15, -0.1) is 5.10 Å². The maximum atomic E-state index is 9.71. The first-order valence-corrected chi connectivity index (χ1v) is 18.4. The third-order valence-electron chi connectivity index (χ3n) is 9.35. The van der Waals surface area contributed by atoms with E-state index in [-0.39, 0.29) is 12.1 Å². The van der Waals surface area contributed by atoms with E-state index in [1.807, 2.05) is 29.9 Å². The SMILES string of the molecule is COCCOCCOCCCOc1nn(C2CCC(N3CCOCC3)CC2)cc1Nc1ncc(-c2ccc(C#N)c(OC(C)Cn3cncn3)c2)cn1. The molecule has 1 aliphatic carbocycles. The summed E-state index contributed by atoms with van der Waals surface area (Å²) < 4.78 is 37.8. The molecule has 16 nitrogen and oxygen atoms in total. The van der Waals surface area contributed by atoms with E-state index < -0.39 is 0 Å². The molecule has 1 saturated carbocycles. The average molecular weight is 731 g/mol. The molecular weight excluding hydrogens is 680 g/mol. The highest BCUT2D eigenvalue weighted by Gasteiger charge is 2.29. The molecule has 1 saturated heterocycles. The fourth-order valence-corrected chi connectivity index (χ4v) is 6.58. The van der Waals surface area contributed by atoms with Crippen LogP contribution in [0.5, 0.6) is 11.6 Å². The molecule has 1 unspecified atom stereocenters. The molecule has 0 radical (unpaired) electrons. The Bertz CT molecular complexity index is 1700. The van der Waals surface area contributed by atoms with Crippen LogP contribution in [0.3, 0.4) is 0 Å². The lowest BCUT2D eigenvalue weighted by Crippen LogP contribution is -2.45. The molecule has 1 aliphatic heterocycles. The largest absolute Gasteiger partial charge is 0.487 e. The smallest absolute Gasteiger partial charge is 0.256 e. The summed E-state index contributed by atoms with van der Waals surface area (Å²) in [6.45, 7) is 9.24. The molecule has 2 aliphatic rings. The molecule has 1 atom stereocenters. The van der Waals surface area contributed by atoms with Crippen LogP contribution >= 0.6 is 0 Å². The van der Waals surface area contributed by atoms with Crippen molar-refractivity contribution in [1.82, 2.24) is 39.4 Å². The van der Waals surface area contributed by atoms with Gasteiger partial charge in [0.2, 0.25) is 5.95 Å². The summed E-state index contributed by atoms with van der Waals surface area (Å²) >= 11 is 0. The van der Waals surface area contributed by atoms with Crippen molar-refractivity contribution in [2.45, 2.75) is 63.8 Å². The standard InChI is InChI=1S/C37H50N10O6/c1-28(24-46-27-39-26-42-46)53-35-20-29(4-5-30(35)21-38)31-22-40-37(41-23-31)43-34-25-47(33-8-6-32(7-9-33)45-10-14-50-15-11-45)44-36(34)52-13-3-12-49-18-19-51-17-16-48-2/h4-5,20,22-23,25-28,32-33H,3,6-19,24H2,1-2H3,(H,40,41,43). The molecule has 4 aromatic rings. The summed E-state index contributed by atoms with van der Waals surface area (Å²) in [7, 11) is 1.65. The van der Waals surface area contributed by atoms with Crippen LogP contribution in [0.2, 0.25) is 0 Å². The normalized spacial score (nSPS) is 18.4. The number of aromatic nitrogens is 7. The zero-order valence-corrected chi connectivity index (χ0v) is 30.6. The molecule has 16 heteroatoms. The van der Waals surface area contributed by atoms with Gasteiger partial charge in [-0.1, -0.05) is 6.07 Å². The third-order valence-corrected chi connectivity index (χ3v) is 9.35. The van der Waals surface area contributed by atoms with E-state index in [0.717, 1.165) is 63.1 Å². The first kappa shape index (κ1) is 38.1. The van der Waals surface area contributed by atoms with Crippen LogP contribution in [0, 0.1) is 11.3 Å². The molecule has 1 aromatic carbocycles. The quantitative estimate of drug-likeness (QED) is 0.128. The molecule has 284 valence electrons. The van der Waals surface area contributed by atoms with Gasteiger partial charge in [-0.3, -0.25) is 9.58 Å². The maximum Gasteiger partial charge on any atom is 0.256 e. The molecule has 4 heterocycles. The topological polar surface area (TPSA) is 169 Å². The van der Waals surface area contributed by atoms with Gasteiger partial charge in [0.25, 0.3) is 5.88 Å². The van der Waals surface area contributed by atoms with Gasteiger partial charge in [0, 0.05) is 57.2 Å². The summed E-state index contributed by atoms with van der Waals surface area (Å²) in [6.07, 6.45) is 13.4. The summed E-state index contributed by atoms with van der Waals surface area (Å²) in [6, 6.07) is 8.53. The van der Waals surface area contributed by atoms with E-state index in [9.17, 15) is 5.26 Å². The Balaban J connectivity index is 1.09. The van der Waals surface area contributed by atoms with Gasteiger partial charge in [0.15, 0.2) is 0 Å². The molecule has 0 amide bonds. The van der Waals surface area contributed by atoms with E-state index in [4.69, 9.17) is 33.5 Å². The Labute approximate surface area is 310 Å². The molecule has 53 heavy (non-hydrogen) atoms. The second-order valence-electron chi connectivity index (χ2n) is 13.1. The maximum absolute atomic E-state index is 9.71. The van der Waals surface area contributed by atoms with Crippen LogP contribution in [0.1, 0.15) is 50.6 Å². The number of morpholine rings is 1. The minimum atomic E-state index is -0.239. The zero-order chi connectivity index (χ0) is 36.7. The van der Waals surface area contributed by atoms with Crippen LogP contribution < -0.4 is 14.8 Å². The lowest BCUT2D eigenvalue weighted by molar-refractivity contribution is 0.00502. The van der Waals surface area contributed by atoms with Crippen LogP contribution in [-0.4, -0.2) is 125 Å². The Morgan fingerprint density at radius 2 is 1.72 bits per heavy atom. The fourth-order valence-electron chi connectivity index (χ4n) is 6.58. The Morgan fingerprint density at radius 1 is 0.962 bits per heavy atom. The molecule has 0 bridgehead atoms. The highest BCUT2D eigenvalue weighted by molar-refractivity contribution is 5.67. The number of methoxy groups -OCH3 is 1. The lowest BCUT2D eigenvalue weighted by atomic mass is 9.90. The van der Waals surface area contributed by atoms with Gasteiger partial charge in [-0.05, 0) is 50.3 Å². The second-order valence-corrected chi connectivity index (χ2v) is 13.1. The van der Waals surface area contributed by atoms with E-state index >= 15 is 0 Å². The molecule has 3 aromatic heterocycles. The van der Waals surface area contributed by atoms with E-state index in [0.29, 0.717) is 87.5 Å². The van der Waals surface area contributed by atoms with Crippen LogP contribution in [0.15, 0.2) is 49.4 Å². The Morgan fingerprint density at radius 3 is 2.45 bits per heavy atom. The van der Waals surface area contributed by atoms with Gasteiger partial charge in [-0.25, -0.2) is 19.6 Å². The average Bonchev–Trinajstić information content (AvgIpc) is 3.86. The zero-order valence-electron chi connectivity index (χ0n) is 30.6. The lowest BCUT2D eigenvalue weighted by Gasteiger charge is -2.38. The van der Waals surface area contributed by atoms with Crippen molar-refractivity contribution < 1.29 is 28.4 Å². The first-order valence-electron chi connectivity index (χ1n) is 18.4. The Kier molecular flexibility index (Phi) is 14.4. The number of nitriles is 1. The number of benzene rings is 1. The van der Waals surface area contributed by atoms with Crippen LogP contribution in [0.25, 0.3) is 11.1 Å². The number of nitrogens with one attached hydrogen (secondary N) is 1. The third kappa shape index (κ3) is 11.2. The van der Waals surface area contributed by atoms with Gasteiger partial charge in [0.05, 0.1) is 70.6 Å². The number of hydrogen-bond acceptors (Lipinski definition) is 14. The van der Waals surface area contributed by atoms with Gasteiger partial charge < -0.3 is 33.7 Å². The summed E-state index contributed by atoms with van der Waals surface area (Å²) in [5, 5.41) is 22.1. The molecule has 1 N–H and O–H groups in total. The molecule has 0 spiro atoms. The van der Waals surface area contributed by atoms with Crippen LogP contribution in [0.4, 0.5) is 11.6 Å². The molecule has 6 rings (SSSR count). The van der Waals surface area contributed by atoms with Gasteiger partial charge in [-0.2, -0.15) is 10.4 Å². The van der Waals surface area contributed by atoms with Crippen molar-refractivity contribution in [3.8, 4) is 28.8 Å². The highest BCUT2D eigenvalue weighted by atomic mass is 16.5. The van der Waals surface area contributed by atoms with Gasteiger partial charge >= 0.3 is 0 Å². The van der Waals surface area contributed by atoms with Crippen molar-refractivity contribution in [3.63, 3.8) is 0 Å². The predicted molar refractivity (Wildman–Crippen MR) is 195 cm³/mol. The highest BCUT2D eigenvalue weighted by Crippen LogP contribution is 2.35. The second kappa shape index (κ2) is 20.0. The van der Waals surface area contributed by atoms with Crippen molar-refractivity contribution in [2.24, 2.45) is 0 Å². The van der Waals surface area contributed by atoms with E-state index in [2.05, 4.69) is 36.3 Å². The van der Waals surface area contributed by atoms with Crippen molar-refractivity contribution in [1.29, 1.82) is 5.26 Å². The number of rotatable bonds is 20. The summed E-state index contributed by atoms with van der Waals surface area (Å²) in [5.74, 6) is 1.40. The monoisotopic (exact) mass is 730 g/mol. The number of anilines is 2. The summed E-state index contributed by atoms with van der Waals surface area (Å²) in [4.78, 5) is 15.8. The fraction of sp³-hybridized carbons (Fsp3) is 0.568. The molecule has 2 fully saturated rings. The minimum absolute atomic E-state index is 0.239. The summed E-state index contributed by atoms with van der Waals surface area (Å²) in [5.41, 5.74) is 2.75. The minimum Gasteiger partial charge on any atom is -0.487 e. The first-order chi connectivity index (χ1) is 26.1. The van der Waals surface area contributed by atoms with Crippen LogP contribution in [-0.2, 0) is 25.5 Å². The molecular formula is C37H50N10O6. The van der Waals surface area contributed by atoms with Gasteiger partial charge in [0.1, 0.15) is 36.3 Å². The van der Waals surface area contributed by atoms with Crippen molar-refractivity contribution in [2.75, 3.05) is 78.4 Å². The van der Waals surface area contributed by atoms with Crippen molar-refractivity contribution >= 4 is 11.6 Å².